The van der Waals surface area contributed by atoms with Gasteiger partial charge in [0, 0.05) is 10.2 Å². The number of rotatable bonds is 0. The molecule has 72 valence electrons. The minimum absolute atomic E-state index is 0.822. The van der Waals surface area contributed by atoms with E-state index in [4.69, 9.17) is 5.73 Å². The monoisotopic (exact) mass is 249 g/mol. The van der Waals surface area contributed by atoms with Crippen LogP contribution in [0.4, 0.5) is 5.69 Å². The Labute approximate surface area is 92.7 Å². The first-order chi connectivity index (χ1) is 6.79. The summed E-state index contributed by atoms with van der Waals surface area (Å²) in [6.07, 6.45) is 0. The molecule has 2 heteroatoms. The van der Waals surface area contributed by atoms with Crippen LogP contribution in [0.15, 0.2) is 65.1 Å². The second-order valence-corrected chi connectivity index (χ2v) is 3.62. The van der Waals surface area contributed by atoms with Crippen molar-refractivity contribution in [3.63, 3.8) is 0 Å². The van der Waals surface area contributed by atoms with E-state index in [1.165, 1.54) is 0 Å². The van der Waals surface area contributed by atoms with Crippen molar-refractivity contribution in [1.29, 1.82) is 0 Å². The summed E-state index contributed by atoms with van der Waals surface area (Å²) in [5.41, 5.74) is 6.18. The van der Waals surface area contributed by atoms with Gasteiger partial charge < -0.3 is 5.73 Å². The summed E-state index contributed by atoms with van der Waals surface area (Å²) in [5.74, 6) is 0. The number of hydrogen-bond donors (Lipinski definition) is 1. The number of nitrogen functional groups attached to an aromatic ring is 1. The third-order valence-electron chi connectivity index (χ3n) is 1.53. The first-order valence-corrected chi connectivity index (χ1v) is 5.09. The summed E-state index contributed by atoms with van der Waals surface area (Å²) < 4.78 is 1.13. The highest BCUT2D eigenvalue weighted by molar-refractivity contribution is 9.10. The molecular formula is C12H12BrN. The van der Waals surface area contributed by atoms with Gasteiger partial charge in [-0.25, -0.2) is 0 Å². The summed E-state index contributed by atoms with van der Waals surface area (Å²) in [6.45, 7) is 0. The molecule has 0 aromatic heterocycles. The fourth-order valence-electron chi connectivity index (χ4n) is 0.868. The van der Waals surface area contributed by atoms with Crippen LogP contribution in [0, 0.1) is 0 Å². The van der Waals surface area contributed by atoms with Crippen LogP contribution in [0.1, 0.15) is 0 Å². The lowest BCUT2D eigenvalue weighted by molar-refractivity contribution is 1.66. The Hall–Kier alpha value is -1.28. The van der Waals surface area contributed by atoms with Gasteiger partial charge in [0.05, 0.1) is 0 Å². The molecule has 0 atom stereocenters. The van der Waals surface area contributed by atoms with E-state index in [9.17, 15) is 0 Å². The molecule has 0 unspecified atom stereocenters. The molecule has 14 heavy (non-hydrogen) atoms. The van der Waals surface area contributed by atoms with Gasteiger partial charge in [-0.1, -0.05) is 52.3 Å². The highest BCUT2D eigenvalue weighted by Gasteiger charge is 1.74. The molecular weight excluding hydrogens is 238 g/mol. The zero-order valence-corrected chi connectivity index (χ0v) is 9.31. The molecule has 0 spiro atoms. The molecule has 1 nitrogen and oxygen atoms in total. The normalized spacial score (nSPS) is 8.64. The molecule has 0 heterocycles. The molecule has 0 saturated heterocycles. The number of hydrogen-bond acceptors (Lipinski definition) is 1. The van der Waals surface area contributed by atoms with Gasteiger partial charge in [0.15, 0.2) is 0 Å². The number of para-hydroxylation sites is 1. The second-order valence-electron chi connectivity index (χ2n) is 2.71. The average molecular weight is 250 g/mol. The third-order valence-corrected chi connectivity index (χ3v) is 2.06. The lowest BCUT2D eigenvalue weighted by Crippen LogP contribution is -1.79. The first-order valence-electron chi connectivity index (χ1n) is 4.30. The van der Waals surface area contributed by atoms with Crippen LogP contribution in [-0.2, 0) is 0 Å². The van der Waals surface area contributed by atoms with Crippen molar-refractivity contribution < 1.29 is 0 Å². The van der Waals surface area contributed by atoms with Gasteiger partial charge >= 0.3 is 0 Å². The van der Waals surface area contributed by atoms with Gasteiger partial charge in [-0.3, -0.25) is 0 Å². The lowest BCUT2D eigenvalue weighted by atomic mass is 10.3. The molecule has 0 aliphatic carbocycles. The molecule has 0 aliphatic heterocycles. The molecule has 2 aromatic rings. The number of anilines is 1. The maximum atomic E-state index is 5.36. The number of nitrogens with two attached hydrogens (primary N) is 1. The van der Waals surface area contributed by atoms with Crippen LogP contribution in [0.3, 0.4) is 0 Å². The van der Waals surface area contributed by atoms with E-state index in [1.807, 2.05) is 60.7 Å². The Bertz CT molecular complexity index is 308. The van der Waals surface area contributed by atoms with E-state index in [2.05, 4.69) is 15.9 Å². The third kappa shape index (κ3) is 4.67. The molecule has 0 saturated carbocycles. The fourth-order valence-corrected chi connectivity index (χ4v) is 1.17. The Balaban J connectivity index is 0.000000140. The van der Waals surface area contributed by atoms with E-state index >= 15 is 0 Å². The Morgan fingerprint density at radius 3 is 1.36 bits per heavy atom. The van der Waals surface area contributed by atoms with E-state index < -0.39 is 0 Å². The fraction of sp³-hybridized carbons (Fsp3) is 0. The van der Waals surface area contributed by atoms with E-state index in [1.54, 1.807) is 0 Å². The first kappa shape index (κ1) is 10.8. The van der Waals surface area contributed by atoms with Crippen LogP contribution < -0.4 is 5.73 Å². The van der Waals surface area contributed by atoms with Crippen molar-refractivity contribution >= 4 is 21.6 Å². The Morgan fingerprint density at radius 1 is 0.714 bits per heavy atom. The van der Waals surface area contributed by atoms with E-state index in [-0.39, 0.29) is 0 Å². The van der Waals surface area contributed by atoms with Crippen molar-refractivity contribution in [2.45, 2.75) is 0 Å². The molecule has 0 bridgehead atoms. The van der Waals surface area contributed by atoms with Gasteiger partial charge in [0.25, 0.3) is 0 Å². The quantitative estimate of drug-likeness (QED) is 0.708. The topological polar surface area (TPSA) is 26.0 Å². The van der Waals surface area contributed by atoms with Gasteiger partial charge in [-0.05, 0) is 24.3 Å². The van der Waals surface area contributed by atoms with Gasteiger partial charge in [0.2, 0.25) is 0 Å². The maximum Gasteiger partial charge on any atom is 0.0313 e. The lowest BCUT2D eigenvalue weighted by Gasteiger charge is -1.83. The van der Waals surface area contributed by atoms with Crippen LogP contribution in [0.25, 0.3) is 0 Å². The number of halogens is 1. The van der Waals surface area contributed by atoms with Crippen LogP contribution >= 0.6 is 15.9 Å². The molecule has 2 N–H and O–H groups in total. The largest absolute Gasteiger partial charge is 0.399 e. The van der Waals surface area contributed by atoms with Crippen molar-refractivity contribution in [2.24, 2.45) is 0 Å². The van der Waals surface area contributed by atoms with Crippen molar-refractivity contribution in [1.82, 2.24) is 0 Å². The molecule has 2 rings (SSSR count). The Morgan fingerprint density at radius 2 is 1.14 bits per heavy atom. The second kappa shape index (κ2) is 6.22. The minimum atomic E-state index is 0.822. The SMILES string of the molecule is Brc1ccccc1.Nc1ccccc1. The summed E-state index contributed by atoms with van der Waals surface area (Å²) in [7, 11) is 0. The number of benzene rings is 2. The Kier molecular flexibility index (Phi) is 4.79. The van der Waals surface area contributed by atoms with Crippen LogP contribution in [0.5, 0.6) is 0 Å². The van der Waals surface area contributed by atoms with Gasteiger partial charge in [-0.15, -0.1) is 0 Å². The average Bonchev–Trinajstić information content (AvgIpc) is 2.21. The van der Waals surface area contributed by atoms with E-state index in [0.717, 1.165) is 10.2 Å². The highest BCUT2D eigenvalue weighted by Crippen LogP contribution is 2.05. The van der Waals surface area contributed by atoms with Crippen molar-refractivity contribution in [3.05, 3.63) is 65.1 Å². The minimum Gasteiger partial charge on any atom is -0.399 e. The summed E-state index contributed by atoms with van der Waals surface area (Å²) in [4.78, 5) is 0. The van der Waals surface area contributed by atoms with Gasteiger partial charge in [0.1, 0.15) is 0 Å². The predicted molar refractivity (Wildman–Crippen MR) is 65.0 cm³/mol. The highest BCUT2D eigenvalue weighted by atomic mass is 79.9. The van der Waals surface area contributed by atoms with E-state index in [0.29, 0.717) is 0 Å². The summed E-state index contributed by atoms with van der Waals surface area (Å²) in [5, 5.41) is 0. The smallest absolute Gasteiger partial charge is 0.0313 e. The van der Waals surface area contributed by atoms with Crippen molar-refractivity contribution in [3.8, 4) is 0 Å². The molecule has 0 amide bonds. The maximum absolute atomic E-state index is 5.36. The summed E-state index contributed by atoms with van der Waals surface area (Å²) >= 11 is 3.31. The molecule has 0 fully saturated rings. The molecule has 0 radical (unpaired) electrons. The zero-order chi connectivity index (χ0) is 10.2. The zero-order valence-electron chi connectivity index (χ0n) is 7.73. The summed E-state index contributed by atoms with van der Waals surface area (Å²) in [6, 6.07) is 19.5. The van der Waals surface area contributed by atoms with Crippen LogP contribution in [0.2, 0.25) is 0 Å². The van der Waals surface area contributed by atoms with Crippen molar-refractivity contribution in [2.75, 3.05) is 5.73 Å². The van der Waals surface area contributed by atoms with Gasteiger partial charge in [-0.2, -0.15) is 0 Å². The predicted octanol–water partition coefficient (Wildman–Crippen LogP) is 3.72. The molecule has 2 aromatic carbocycles. The van der Waals surface area contributed by atoms with Crippen LogP contribution in [-0.4, -0.2) is 0 Å². The molecule has 0 aliphatic rings. The standard InChI is InChI=1S/C6H5Br.C6H7N/c2*7-6-4-2-1-3-5-6/h1-5H;1-5H,7H2.